The van der Waals surface area contributed by atoms with Crippen molar-refractivity contribution in [2.24, 2.45) is 7.05 Å². The van der Waals surface area contributed by atoms with Gasteiger partial charge < -0.3 is 14.6 Å². The van der Waals surface area contributed by atoms with E-state index in [1.165, 1.54) is 10.9 Å². The van der Waals surface area contributed by atoms with E-state index in [1.54, 1.807) is 32.2 Å². The summed E-state index contributed by atoms with van der Waals surface area (Å²) in [6.45, 7) is 1.11. The number of halogens is 2. The van der Waals surface area contributed by atoms with Gasteiger partial charge in [0.2, 0.25) is 0 Å². The monoisotopic (exact) mass is 425 g/mol. The molecule has 0 spiro atoms. The molecule has 7 nitrogen and oxygen atoms in total. The predicted octanol–water partition coefficient (Wildman–Crippen LogP) is 3.41. The van der Waals surface area contributed by atoms with Crippen LogP contribution in [0.5, 0.6) is 0 Å². The molecule has 3 aromatic rings. The fourth-order valence-electron chi connectivity index (χ4n) is 2.39. The Bertz CT molecular complexity index is 1100. The first-order chi connectivity index (χ1) is 12.8. The lowest BCUT2D eigenvalue weighted by Crippen LogP contribution is -2.21. The molecule has 0 aliphatic heterocycles. The molecule has 1 aromatic carbocycles. The molecule has 1 N–H and O–H groups in total. The third-order valence-electron chi connectivity index (χ3n) is 3.76. The summed E-state index contributed by atoms with van der Waals surface area (Å²) in [5, 5.41) is 3.40. The van der Waals surface area contributed by atoms with E-state index in [1.807, 2.05) is 0 Å². The minimum absolute atomic E-state index is 0.226. The molecule has 0 unspecified atom stereocenters. The van der Waals surface area contributed by atoms with E-state index in [0.717, 1.165) is 11.3 Å². The van der Waals surface area contributed by atoms with Crippen LogP contribution in [0.15, 0.2) is 29.3 Å². The van der Waals surface area contributed by atoms with Crippen LogP contribution in [0.4, 0.5) is 5.69 Å². The minimum Gasteiger partial charge on any atom is -0.451 e. The molecule has 0 bridgehead atoms. The molecular weight excluding hydrogens is 413 g/mol. The Morgan fingerprint density at radius 2 is 1.96 bits per heavy atom. The van der Waals surface area contributed by atoms with Gasteiger partial charge in [-0.3, -0.25) is 9.59 Å². The molecule has 0 radical (unpaired) electrons. The van der Waals surface area contributed by atoms with Gasteiger partial charge in [0.1, 0.15) is 9.71 Å². The number of esters is 1. The van der Waals surface area contributed by atoms with Crippen molar-refractivity contribution in [2.75, 3.05) is 11.9 Å². The topological polar surface area (TPSA) is 90.3 Å². The van der Waals surface area contributed by atoms with Crippen LogP contribution in [0.25, 0.3) is 10.2 Å². The van der Waals surface area contributed by atoms with Crippen molar-refractivity contribution in [3.05, 3.63) is 55.4 Å². The molecule has 0 aliphatic carbocycles. The highest BCUT2D eigenvalue weighted by molar-refractivity contribution is 7.20. The van der Waals surface area contributed by atoms with Gasteiger partial charge >= 0.3 is 5.97 Å². The Morgan fingerprint density at radius 1 is 1.30 bits per heavy atom. The Hall–Kier alpha value is -2.42. The number of thiophene rings is 1. The average molecular weight is 426 g/mol. The third-order valence-corrected chi connectivity index (χ3v) is 5.57. The van der Waals surface area contributed by atoms with E-state index in [2.05, 4.69) is 10.3 Å². The van der Waals surface area contributed by atoms with Gasteiger partial charge in [0.15, 0.2) is 6.61 Å². The maximum absolute atomic E-state index is 12.3. The predicted molar refractivity (Wildman–Crippen MR) is 105 cm³/mol. The van der Waals surface area contributed by atoms with Crippen molar-refractivity contribution in [1.82, 2.24) is 9.55 Å². The summed E-state index contributed by atoms with van der Waals surface area (Å²) in [6, 6.07) is 4.79. The number of nitrogens with one attached hydrogen (secondary N) is 1. The summed E-state index contributed by atoms with van der Waals surface area (Å²) in [4.78, 5) is 41.4. The Morgan fingerprint density at radius 3 is 2.63 bits per heavy atom. The first kappa shape index (κ1) is 19.3. The lowest BCUT2D eigenvalue weighted by molar-refractivity contribution is -0.119. The van der Waals surface area contributed by atoms with Crippen molar-refractivity contribution < 1.29 is 14.3 Å². The van der Waals surface area contributed by atoms with Gasteiger partial charge in [-0.1, -0.05) is 29.3 Å². The Labute approximate surface area is 167 Å². The number of carbonyl (C=O) groups is 2. The molecule has 2 heterocycles. The van der Waals surface area contributed by atoms with E-state index in [-0.39, 0.29) is 26.2 Å². The number of carbonyl (C=O) groups excluding carboxylic acids is 2. The highest BCUT2D eigenvalue weighted by Crippen LogP contribution is 2.30. The molecule has 0 saturated carbocycles. The average Bonchev–Trinajstić information content (AvgIpc) is 2.97. The van der Waals surface area contributed by atoms with Crippen molar-refractivity contribution in [3.63, 3.8) is 0 Å². The number of rotatable bonds is 4. The maximum Gasteiger partial charge on any atom is 0.349 e. The summed E-state index contributed by atoms with van der Waals surface area (Å²) in [5.41, 5.74) is 0.467. The third kappa shape index (κ3) is 3.83. The van der Waals surface area contributed by atoms with E-state index < -0.39 is 18.5 Å². The van der Waals surface area contributed by atoms with Crippen LogP contribution in [-0.4, -0.2) is 28.0 Å². The van der Waals surface area contributed by atoms with Crippen LogP contribution < -0.4 is 10.9 Å². The molecule has 0 atom stereocenters. The quantitative estimate of drug-likeness (QED) is 0.646. The Balaban J connectivity index is 1.74. The highest BCUT2D eigenvalue weighted by atomic mass is 35.5. The first-order valence-electron chi connectivity index (χ1n) is 7.65. The number of fused-ring (bicyclic) bond motifs is 1. The number of aromatic nitrogens is 2. The SMILES string of the molecule is Cc1c(C(=O)OCC(=O)Nc2c(Cl)cccc2Cl)sc2ncn(C)c(=O)c12. The number of anilines is 1. The molecular formula is C17H13Cl2N3O4S. The molecule has 10 heteroatoms. The number of hydrogen-bond donors (Lipinski definition) is 1. The molecule has 3 rings (SSSR count). The second-order valence-electron chi connectivity index (χ2n) is 5.62. The lowest BCUT2D eigenvalue weighted by atomic mass is 10.2. The Kier molecular flexibility index (Phi) is 5.50. The smallest absolute Gasteiger partial charge is 0.349 e. The van der Waals surface area contributed by atoms with Gasteiger partial charge in [-0.25, -0.2) is 9.78 Å². The number of aryl methyl sites for hydroxylation is 2. The molecule has 27 heavy (non-hydrogen) atoms. The van der Waals surface area contributed by atoms with Crippen molar-refractivity contribution in [3.8, 4) is 0 Å². The second kappa shape index (κ2) is 7.67. The van der Waals surface area contributed by atoms with Crippen molar-refractivity contribution in [1.29, 1.82) is 0 Å². The summed E-state index contributed by atoms with van der Waals surface area (Å²) < 4.78 is 6.39. The molecule has 2 aromatic heterocycles. The van der Waals surface area contributed by atoms with Crippen LogP contribution in [0.2, 0.25) is 10.0 Å². The number of amides is 1. The van der Waals surface area contributed by atoms with Gasteiger partial charge in [-0.05, 0) is 24.6 Å². The van der Waals surface area contributed by atoms with Crippen LogP contribution in [-0.2, 0) is 16.6 Å². The van der Waals surface area contributed by atoms with Crippen molar-refractivity contribution in [2.45, 2.75) is 6.92 Å². The largest absolute Gasteiger partial charge is 0.451 e. The second-order valence-corrected chi connectivity index (χ2v) is 7.43. The maximum atomic E-state index is 12.3. The number of para-hydroxylation sites is 1. The zero-order chi connectivity index (χ0) is 19.7. The highest BCUT2D eigenvalue weighted by Gasteiger charge is 2.21. The van der Waals surface area contributed by atoms with E-state index >= 15 is 0 Å². The van der Waals surface area contributed by atoms with Gasteiger partial charge in [0.25, 0.3) is 11.5 Å². The molecule has 1 amide bonds. The van der Waals surface area contributed by atoms with Crippen molar-refractivity contribution >= 4 is 62.3 Å². The zero-order valence-electron chi connectivity index (χ0n) is 14.2. The molecule has 0 aliphatic rings. The first-order valence-corrected chi connectivity index (χ1v) is 9.22. The number of benzene rings is 1. The van der Waals surface area contributed by atoms with Gasteiger partial charge in [-0.15, -0.1) is 11.3 Å². The van der Waals surface area contributed by atoms with Crippen LogP contribution in [0.1, 0.15) is 15.2 Å². The van der Waals surface area contributed by atoms with Gasteiger partial charge in [0.05, 0.1) is 27.4 Å². The summed E-state index contributed by atoms with van der Waals surface area (Å²) in [6.07, 6.45) is 1.39. The molecule has 0 fully saturated rings. The lowest BCUT2D eigenvalue weighted by Gasteiger charge is -2.09. The summed E-state index contributed by atoms with van der Waals surface area (Å²) in [7, 11) is 1.58. The van der Waals surface area contributed by atoms with E-state index in [0.29, 0.717) is 15.8 Å². The van der Waals surface area contributed by atoms with Crippen LogP contribution in [0, 0.1) is 6.92 Å². The summed E-state index contributed by atoms with van der Waals surface area (Å²) >= 11 is 13.0. The van der Waals surface area contributed by atoms with E-state index in [4.69, 9.17) is 27.9 Å². The minimum atomic E-state index is -0.710. The normalized spacial score (nSPS) is 10.8. The fraction of sp³-hybridized carbons (Fsp3) is 0.176. The summed E-state index contributed by atoms with van der Waals surface area (Å²) in [5.74, 6) is -1.30. The van der Waals surface area contributed by atoms with E-state index in [9.17, 15) is 14.4 Å². The zero-order valence-corrected chi connectivity index (χ0v) is 16.5. The van der Waals surface area contributed by atoms with Gasteiger partial charge in [-0.2, -0.15) is 0 Å². The molecule has 140 valence electrons. The fourth-order valence-corrected chi connectivity index (χ4v) is 3.92. The van der Waals surface area contributed by atoms with Crippen LogP contribution in [0.3, 0.4) is 0 Å². The van der Waals surface area contributed by atoms with Gasteiger partial charge in [0, 0.05) is 7.05 Å². The molecule has 0 saturated heterocycles. The standard InChI is InChI=1S/C17H13Cl2N3O4S/c1-8-12-15(20-7-22(2)16(12)24)27-14(8)17(25)26-6-11(23)21-13-9(18)4-3-5-10(13)19/h3-5,7H,6H2,1-2H3,(H,21,23). The van der Waals surface area contributed by atoms with Crippen LogP contribution >= 0.6 is 34.5 Å². The number of hydrogen-bond acceptors (Lipinski definition) is 6. The number of ether oxygens (including phenoxy) is 1. The number of nitrogens with zero attached hydrogens (tertiary/aromatic N) is 2.